The van der Waals surface area contributed by atoms with Gasteiger partial charge in [-0.1, -0.05) is 6.92 Å². The van der Waals surface area contributed by atoms with Gasteiger partial charge < -0.3 is 20.5 Å². The average Bonchev–Trinajstić information content (AvgIpc) is 2.29. The van der Waals surface area contributed by atoms with E-state index in [0.717, 1.165) is 6.42 Å². The minimum absolute atomic E-state index is 0. The molecule has 0 aliphatic carbocycles. The van der Waals surface area contributed by atoms with Gasteiger partial charge in [-0.25, -0.2) is 0 Å². The van der Waals surface area contributed by atoms with Crippen LogP contribution in [0.2, 0.25) is 0 Å². The number of anilines is 2. The second kappa shape index (κ2) is 8.60. The number of carbonyl (C=O) groups excluding carboxylic acids is 1. The van der Waals surface area contributed by atoms with Crippen LogP contribution in [0.15, 0.2) is 18.2 Å². The molecule has 6 heteroatoms. The molecule has 0 unspecified atom stereocenters. The van der Waals surface area contributed by atoms with E-state index in [0.29, 0.717) is 23.7 Å². The molecule has 1 amide bonds. The molecule has 0 aliphatic heterocycles. The number of methoxy groups -OCH3 is 1. The summed E-state index contributed by atoms with van der Waals surface area (Å²) < 4.78 is 10.1. The van der Waals surface area contributed by atoms with Gasteiger partial charge in [-0.15, -0.1) is 12.4 Å². The quantitative estimate of drug-likeness (QED) is 0.615. The lowest BCUT2D eigenvalue weighted by Crippen LogP contribution is -2.18. The number of nitrogens with one attached hydrogen (secondary N) is 1. The summed E-state index contributed by atoms with van der Waals surface area (Å²) in [5.41, 5.74) is 6.84. The second-order valence-electron chi connectivity index (χ2n) is 3.56. The molecule has 0 aromatic heterocycles. The van der Waals surface area contributed by atoms with Crippen molar-refractivity contribution in [3.63, 3.8) is 0 Å². The summed E-state index contributed by atoms with van der Waals surface area (Å²) in [6.07, 6.45) is 0.892. The van der Waals surface area contributed by atoms with Crippen molar-refractivity contribution in [2.24, 2.45) is 0 Å². The highest BCUT2D eigenvalue weighted by molar-refractivity contribution is 5.92. The van der Waals surface area contributed by atoms with E-state index in [1.807, 2.05) is 6.92 Å². The summed E-state index contributed by atoms with van der Waals surface area (Å²) in [4.78, 5) is 11.4. The van der Waals surface area contributed by atoms with Gasteiger partial charge in [0, 0.05) is 12.3 Å². The Hall–Kier alpha value is -1.46. The molecular formula is C12H19ClN2O3. The van der Waals surface area contributed by atoms with Crippen molar-refractivity contribution < 1.29 is 14.3 Å². The number of hydrogen-bond acceptors (Lipinski definition) is 4. The molecule has 1 aromatic carbocycles. The Bertz CT molecular complexity index is 386. The molecule has 0 spiro atoms. The Kier molecular flexibility index (Phi) is 7.91. The molecule has 1 rings (SSSR count). The first-order valence-electron chi connectivity index (χ1n) is 5.48. The van der Waals surface area contributed by atoms with Crippen molar-refractivity contribution in [3.8, 4) is 5.75 Å². The monoisotopic (exact) mass is 274 g/mol. The molecule has 0 saturated heterocycles. The highest BCUT2D eigenvalue weighted by Crippen LogP contribution is 2.24. The molecule has 0 saturated carbocycles. The molecule has 3 N–H and O–H groups in total. The van der Waals surface area contributed by atoms with Gasteiger partial charge >= 0.3 is 0 Å². The summed E-state index contributed by atoms with van der Waals surface area (Å²) in [6.45, 7) is 2.63. The van der Waals surface area contributed by atoms with Crippen molar-refractivity contribution in [2.75, 3.05) is 31.4 Å². The number of halogens is 1. The van der Waals surface area contributed by atoms with Crippen molar-refractivity contribution >= 4 is 29.7 Å². The van der Waals surface area contributed by atoms with Crippen LogP contribution in [0.25, 0.3) is 0 Å². The fraction of sp³-hybridized carbons (Fsp3) is 0.417. The minimum Gasteiger partial charge on any atom is -0.495 e. The number of rotatable bonds is 6. The van der Waals surface area contributed by atoms with Crippen molar-refractivity contribution in [2.45, 2.75) is 13.3 Å². The number of carbonyl (C=O) groups is 1. The number of amides is 1. The third-order valence-corrected chi connectivity index (χ3v) is 2.10. The van der Waals surface area contributed by atoms with Crippen LogP contribution in [-0.2, 0) is 9.53 Å². The number of nitrogen functional groups attached to an aromatic ring is 1. The van der Waals surface area contributed by atoms with Crippen LogP contribution in [0.3, 0.4) is 0 Å². The van der Waals surface area contributed by atoms with Crippen molar-refractivity contribution in [1.82, 2.24) is 0 Å². The van der Waals surface area contributed by atoms with Gasteiger partial charge in [-0.05, 0) is 24.6 Å². The highest BCUT2D eigenvalue weighted by atomic mass is 35.5. The van der Waals surface area contributed by atoms with Gasteiger partial charge in [-0.2, -0.15) is 0 Å². The van der Waals surface area contributed by atoms with Crippen LogP contribution >= 0.6 is 12.4 Å². The maximum absolute atomic E-state index is 11.4. The maximum Gasteiger partial charge on any atom is 0.250 e. The summed E-state index contributed by atoms with van der Waals surface area (Å²) in [6, 6.07) is 5.08. The van der Waals surface area contributed by atoms with E-state index in [9.17, 15) is 4.79 Å². The fourth-order valence-electron chi connectivity index (χ4n) is 1.32. The first-order valence-corrected chi connectivity index (χ1v) is 5.48. The van der Waals surface area contributed by atoms with E-state index in [1.165, 1.54) is 0 Å². The number of ether oxygens (including phenoxy) is 2. The standard InChI is InChI=1S/C12H18N2O3.ClH/c1-3-6-17-8-12(15)14-9-4-5-11(16-2)10(13)7-9;/h4-5,7H,3,6,8,13H2,1-2H3,(H,14,15);1H. The number of hydrogen-bond donors (Lipinski definition) is 2. The van der Waals surface area contributed by atoms with Crippen LogP contribution < -0.4 is 15.8 Å². The first-order chi connectivity index (χ1) is 8.17. The third-order valence-electron chi connectivity index (χ3n) is 2.10. The summed E-state index contributed by atoms with van der Waals surface area (Å²) >= 11 is 0. The molecular weight excluding hydrogens is 256 g/mol. The van der Waals surface area contributed by atoms with Crippen LogP contribution in [0.4, 0.5) is 11.4 Å². The van der Waals surface area contributed by atoms with E-state index in [-0.39, 0.29) is 24.9 Å². The van der Waals surface area contributed by atoms with Gasteiger partial charge in [0.25, 0.3) is 0 Å². The zero-order chi connectivity index (χ0) is 12.7. The Balaban J connectivity index is 0.00000289. The molecule has 0 bridgehead atoms. The molecule has 0 aliphatic rings. The zero-order valence-electron chi connectivity index (χ0n) is 10.6. The topological polar surface area (TPSA) is 73.6 Å². The van der Waals surface area contributed by atoms with Gasteiger partial charge in [0.2, 0.25) is 5.91 Å². The lowest BCUT2D eigenvalue weighted by atomic mass is 10.2. The minimum atomic E-state index is -0.192. The van der Waals surface area contributed by atoms with E-state index in [4.69, 9.17) is 15.2 Å². The van der Waals surface area contributed by atoms with E-state index in [1.54, 1.807) is 25.3 Å². The fourth-order valence-corrected chi connectivity index (χ4v) is 1.32. The predicted molar refractivity (Wildman–Crippen MR) is 74.4 cm³/mol. The molecule has 0 atom stereocenters. The predicted octanol–water partition coefficient (Wildman–Crippen LogP) is 2.06. The van der Waals surface area contributed by atoms with E-state index in [2.05, 4.69) is 5.32 Å². The Morgan fingerprint density at radius 1 is 1.44 bits per heavy atom. The maximum atomic E-state index is 11.4. The Morgan fingerprint density at radius 3 is 2.72 bits per heavy atom. The molecule has 102 valence electrons. The van der Waals surface area contributed by atoms with Gasteiger partial charge in [0.05, 0.1) is 12.8 Å². The second-order valence-corrected chi connectivity index (χ2v) is 3.56. The normalized spacial score (nSPS) is 9.44. The molecule has 18 heavy (non-hydrogen) atoms. The largest absolute Gasteiger partial charge is 0.495 e. The van der Waals surface area contributed by atoms with Crippen molar-refractivity contribution in [1.29, 1.82) is 0 Å². The lowest BCUT2D eigenvalue weighted by Gasteiger charge is -2.08. The van der Waals surface area contributed by atoms with Crippen LogP contribution in [0.1, 0.15) is 13.3 Å². The number of benzene rings is 1. The Morgan fingerprint density at radius 2 is 2.17 bits per heavy atom. The molecule has 0 heterocycles. The zero-order valence-corrected chi connectivity index (χ0v) is 11.4. The first kappa shape index (κ1) is 16.5. The molecule has 1 aromatic rings. The summed E-state index contributed by atoms with van der Waals surface area (Å²) in [5, 5.41) is 2.69. The van der Waals surface area contributed by atoms with E-state index < -0.39 is 0 Å². The van der Waals surface area contributed by atoms with Crippen LogP contribution in [-0.4, -0.2) is 26.2 Å². The van der Waals surface area contributed by atoms with Gasteiger partial charge in [0.15, 0.2) is 0 Å². The van der Waals surface area contributed by atoms with Crippen LogP contribution in [0.5, 0.6) is 5.75 Å². The van der Waals surface area contributed by atoms with Crippen molar-refractivity contribution in [3.05, 3.63) is 18.2 Å². The molecule has 0 fully saturated rings. The summed E-state index contributed by atoms with van der Waals surface area (Å²) in [5.74, 6) is 0.397. The van der Waals surface area contributed by atoms with Gasteiger partial charge in [-0.3, -0.25) is 4.79 Å². The van der Waals surface area contributed by atoms with E-state index >= 15 is 0 Å². The smallest absolute Gasteiger partial charge is 0.250 e. The lowest BCUT2D eigenvalue weighted by molar-refractivity contribution is -0.120. The molecule has 0 radical (unpaired) electrons. The Labute approximate surface area is 113 Å². The van der Waals surface area contributed by atoms with Gasteiger partial charge in [0.1, 0.15) is 12.4 Å². The highest BCUT2D eigenvalue weighted by Gasteiger charge is 2.04. The third kappa shape index (κ3) is 5.25. The number of nitrogens with two attached hydrogens (primary N) is 1. The molecule has 5 nitrogen and oxygen atoms in total. The summed E-state index contributed by atoms with van der Waals surface area (Å²) in [7, 11) is 1.54. The SMILES string of the molecule is CCCOCC(=O)Nc1ccc(OC)c(N)c1.Cl. The van der Waals surface area contributed by atoms with Crippen LogP contribution in [0, 0.1) is 0 Å². The average molecular weight is 275 g/mol.